The first-order valence-corrected chi connectivity index (χ1v) is 15.4. The summed E-state index contributed by atoms with van der Waals surface area (Å²) < 4.78 is 74.1. The maximum atomic E-state index is 14.2. The summed E-state index contributed by atoms with van der Waals surface area (Å²) in [5.74, 6) is -1.38. The lowest BCUT2D eigenvalue weighted by Crippen LogP contribution is -2.32. The van der Waals surface area contributed by atoms with Crippen molar-refractivity contribution >= 4 is 28.4 Å². The molecule has 0 aliphatic carbocycles. The van der Waals surface area contributed by atoms with Crippen LogP contribution in [0.15, 0.2) is 41.6 Å². The maximum Gasteiger partial charge on any atom is 0.420 e. The smallest absolute Gasteiger partial charge is 0.420 e. The zero-order valence-corrected chi connectivity index (χ0v) is 25.9. The van der Waals surface area contributed by atoms with Gasteiger partial charge in [0.05, 0.1) is 35.0 Å². The zero-order chi connectivity index (χ0) is 31.6. The van der Waals surface area contributed by atoms with E-state index in [2.05, 4.69) is 28.0 Å². The lowest BCUT2D eigenvalue weighted by molar-refractivity contribution is -0.139. The molecule has 3 aromatic rings. The number of aliphatic hydroxyl groups excluding tert-OH is 1. The molecule has 2 aromatic heterocycles. The molecule has 0 spiro atoms. The monoisotopic (exact) mass is 628 g/mol. The van der Waals surface area contributed by atoms with Crippen LogP contribution in [-0.4, -0.2) is 46.6 Å². The Balaban J connectivity index is 2.07. The van der Waals surface area contributed by atoms with Gasteiger partial charge in [0.2, 0.25) is 5.88 Å². The highest BCUT2D eigenvalue weighted by molar-refractivity contribution is 7.91. The number of nitrogens with one attached hydrogen (secondary N) is 1. The third-order valence-electron chi connectivity index (χ3n) is 6.53. The minimum Gasteiger partial charge on any atom is -0.437 e. The van der Waals surface area contributed by atoms with Crippen LogP contribution in [0.1, 0.15) is 85.6 Å². The number of halogens is 3. The van der Waals surface area contributed by atoms with E-state index < -0.39 is 56.7 Å². The maximum absolute atomic E-state index is 14.2. The number of aromatic nitrogens is 3. The molecule has 14 heteroatoms. The Morgan fingerprint density at radius 1 is 1.14 bits per heavy atom. The van der Waals surface area contributed by atoms with Gasteiger partial charge in [-0.1, -0.05) is 26.0 Å². The van der Waals surface area contributed by atoms with Gasteiger partial charge in [0.25, 0.3) is 5.91 Å². The minimum atomic E-state index is -4.77. The number of sulfone groups is 1. The summed E-state index contributed by atoms with van der Waals surface area (Å²) in [5.41, 5.74) is -1.39. The number of alkyl halides is 3. The van der Waals surface area contributed by atoms with Crippen LogP contribution in [0.5, 0.6) is 11.6 Å². The van der Waals surface area contributed by atoms with Gasteiger partial charge in [-0.2, -0.15) is 30.9 Å². The van der Waals surface area contributed by atoms with Gasteiger partial charge in [0.1, 0.15) is 5.56 Å². The Morgan fingerprint density at radius 3 is 2.24 bits per heavy atom. The van der Waals surface area contributed by atoms with E-state index in [0.29, 0.717) is 5.56 Å². The molecule has 2 heterocycles. The summed E-state index contributed by atoms with van der Waals surface area (Å²) in [5, 5.41) is 16.4. The quantitative estimate of drug-likeness (QED) is 0.248. The summed E-state index contributed by atoms with van der Waals surface area (Å²) in [6.45, 7) is 9.48. The highest BCUT2D eigenvalue weighted by atomic mass is 32.2. The Bertz CT molecular complexity index is 1530. The highest BCUT2D eigenvalue weighted by Gasteiger charge is 2.40. The molecule has 2 unspecified atom stereocenters. The van der Waals surface area contributed by atoms with Crippen molar-refractivity contribution in [3.05, 3.63) is 64.6 Å². The summed E-state index contributed by atoms with van der Waals surface area (Å²) in [6.07, 6.45) is -2.54. The van der Waals surface area contributed by atoms with E-state index in [-0.39, 0.29) is 39.8 Å². The highest BCUT2D eigenvalue weighted by Crippen LogP contribution is 2.44. The Morgan fingerprint density at radius 2 is 1.76 bits per heavy atom. The third kappa shape index (κ3) is 7.09. The molecule has 2 atom stereocenters. The normalized spacial score (nSPS) is 14.0. The summed E-state index contributed by atoms with van der Waals surface area (Å²) in [4.78, 5) is 17.5. The number of nitrogens with zero attached hydrogens (tertiary/aromatic N) is 3. The molecule has 0 aliphatic heterocycles. The minimum absolute atomic E-state index is 0.0545. The molecule has 1 amide bonds. The van der Waals surface area contributed by atoms with E-state index in [0.717, 1.165) is 12.4 Å². The molecule has 0 saturated carbocycles. The zero-order valence-electron chi connectivity index (χ0n) is 24.2. The van der Waals surface area contributed by atoms with Crippen molar-refractivity contribution in [1.29, 1.82) is 0 Å². The second-order valence-electron chi connectivity index (χ2n) is 10.6. The molecule has 0 saturated heterocycles. The van der Waals surface area contributed by atoms with Crippen molar-refractivity contribution < 1.29 is 36.2 Å². The van der Waals surface area contributed by atoms with Crippen LogP contribution in [0.25, 0.3) is 0 Å². The Kier molecular flexibility index (Phi) is 10.1. The molecule has 0 radical (unpaired) electrons. The fourth-order valence-corrected chi connectivity index (χ4v) is 5.37. The van der Waals surface area contributed by atoms with Crippen LogP contribution < -0.4 is 10.1 Å². The van der Waals surface area contributed by atoms with Gasteiger partial charge in [0.15, 0.2) is 21.3 Å². The number of ether oxygens (including phenoxy) is 1. The van der Waals surface area contributed by atoms with Gasteiger partial charge in [-0.05, 0) is 57.4 Å². The molecule has 9 nitrogen and oxygen atoms in total. The van der Waals surface area contributed by atoms with Crippen LogP contribution >= 0.6 is 12.6 Å². The number of benzene rings is 1. The number of hydrogen-bond acceptors (Lipinski definition) is 8. The van der Waals surface area contributed by atoms with Gasteiger partial charge >= 0.3 is 6.18 Å². The van der Waals surface area contributed by atoms with Gasteiger partial charge in [0, 0.05) is 17.0 Å². The SMILES string of the molecule is CCc1c(C(=O)NC(CO)c2ccc(S(=O)(=O)CC)cc2)nn(C(C)(C)C)c1Oc1cncc(C(C)S)c1C(F)(F)F. The molecular weight excluding hydrogens is 593 g/mol. The second kappa shape index (κ2) is 12.6. The molecule has 0 bridgehead atoms. The molecule has 0 aliphatic rings. The van der Waals surface area contributed by atoms with Crippen molar-refractivity contribution in [3.63, 3.8) is 0 Å². The second-order valence-corrected chi connectivity index (χ2v) is 13.7. The fourth-order valence-electron chi connectivity index (χ4n) is 4.29. The van der Waals surface area contributed by atoms with Crippen LogP contribution in [-0.2, 0) is 28.0 Å². The van der Waals surface area contributed by atoms with Gasteiger partial charge < -0.3 is 15.2 Å². The van der Waals surface area contributed by atoms with Crippen molar-refractivity contribution in [1.82, 2.24) is 20.1 Å². The number of amides is 1. The van der Waals surface area contributed by atoms with Crippen molar-refractivity contribution in [2.75, 3.05) is 12.4 Å². The number of rotatable bonds is 10. The third-order valence-corrected chi connectivity index (χ3v) is 8.56. The molecule has 2 N–H and O–H groups in total. The molecule has 1 aromatic carbocycles. The van der Waals surface area contributed by atoms with E-state index in [1.54, 1.807) is 27.7 Å². The van der Waals surface area contributed by atoms with Gasteiger partial charge in [-0.25, -0.2) is 13.1 Å². The molecule has 230 valence electrons. The van der Waals surface area contributed by atoms with Gasteiger partial charge in [-0.3, -0.25) is 9.78 Å². The lowest BCUT2D eigenvalue weighted by atomic mass is 10.1. The van der Waals surface area contributed by atoms with Crippen molar-refractivity contribution in [2.24, 2.45) is 0 Å². The standard InChI is InChI=1S/C28H35F3N4O5S2/c1-7-19-24(25(37)33-21(15-36)17-9-11-18(12-10-17)42(38,39)8-2)34-35(27(4,5)6)26(19)40-22-14-32-13-20(16(3)41)23(22)28(29,30)31/h9-14,16,21,36,41H,7-8,15H2,1-6H3,(H,33,37). The van der Waals surface area contributed by atoms with Crippen LogP contribution in [0, 0.1) is 0 Å². The number of hydrogen-bond donors (Lipinski definition) is 3. The first kappa shape index (κ1) is 33.4. The Labute approximate surface area is 248 Å². The van der Waals surface area contributed by atoms with E-state index >= 15 is 0 Å². The predicted octanol–water partition coefficient (Wildman–Crippen LogP) is 5.65. The number of thiol groups is 1. The summed E-state index contributed by atoms with van der Waals surface area (Å²) >= 11 is 4.18. The van der Waals surface area contributed by atoms with E-state index in [1.807, 2.05) is 0 Å². The van der Waals surface area contributed by atoms with Crippen LogP contribution in [0.3, 0.4) is 0 Å². The first-order chi connectivity index (χ1) is 19.5. The number of carbonyl (C=O) groups excluding carboxylic acids is 1. The number of aliphatic hydroxyl groups is 1. The van der Waals surface area contributed by atoms with Gasteiger partial charge in [-0.15, -0.1) is 0 Å². The molecule has 42 heavy (non-hydrogen) atoms. The molecular formula is C28H35F3N4O5S2. The Hall–Kier alpha value is -3.10. The van der Waals surface area contributed by atoms with Crippen LogP contribution in [0.4, 0.5) is 13.2 Å². The van der Waals surface area contributed by atoms with Crippen molar-refractivity contribution in [2.45, 2.75) is 75.9 Å². The lowest BCUT2D eigenvalue weighted by Gasteiger charge is -2.24. The summed E-state index contributed by atoms with van der Waals surface area (Å²) in [6, 6.07) is 4.86. The van der Waals surface area contributed by atoms with E-state index in [4.69, 9.17) is 4.74 Å². The van der Waals surface area contributed by atoms with E-state index in [1.165, 1.54) is 42.8 Å². The average Bonchev–Trinajstić information content (AvgIpc) is 3.29. The molecule has 0 fully saturated rings. The summed E-state index contributed by atoms with van der Waals surface area (Å²) in [7, 11) is -3.44. The topological polar surface area (TPSA) is 123 Å². The molecule has 3 rings (SSSR count). The fraction of sp³-hybridized carbons (Fsp3) is 0.464. The van der Waals surface area contributed by atoms with Crippen molar-refractivity contribution in [3.8, 4) is 11.6 Å². The van der Waals surface area contributed by atoms with E-state index in [9.17, 15) is 31.5 Å². The predicted molar refractivity (Wildman–Crippen MR) is 155 cm³/mol. The number of pyridine rings is 1. The number of carbonyl (C=O) groups is 1. The largest absolute Gasteiger partial charge is 0.437 e. The van der Waals surface area contributed by atoms with Crippen LogP contribution in [0.2, 0.25) is 0 Å². The first-order valence-electron chi connectivity index (χ1n) is 13.2. The average molecular weight is 629 g/mol.